The Morgan fingerprint density at radius 3 is 1.51 bits per heavy atom. The second kappa shape index (κ2) is 13.5. The molecule has 0 saturated heterocycles. The van der Waals surface area contributed by atoms with E-state index < -0.39 is 7.92 Å². The summed E-state index contributed by atoms with van der Waals surface area (Å²) in [5.74, 6) is 0. The summed E-state index contributed by atoms with van der Waals surface area (Å²) >= 11 is 0. The predicted octanol–water partition coefficient (Wildman–Crippen LogP) is 6.86. The van der Waals surface area contributed by atoms with Crippen LogP contribution in [0.5, 0.6) is 0 Å². The molecule has 0 spiro atoms. The van der Waals surface area contributed by atoms with Crippen molar-refractivity contribution in [2.75, 3.05) is 54.0 Å². The van der Waals surface area contributed by atoms with Gasteiger partial charge < -0.3 is 14.7 Å². The lowest BCUT2D eigenvalue weighted by molar-refractivity contribution is 0.817. The highest BCUT2D eigenvalue weighted by Crippen LogP contribution is 2.47. The third-order valence-electron chi connectivity index (χ3n) is 6.91. The Bertz CT molecular complexity index is 1010. The molecule has 35 heavy (non-hydrogen) atoms. The van der Waals surface area contributed by atoms with E-state index in [4.69, 9.17) is 0 Å². The number of benzene rings is 3. The van der Waals surface area contributed by atoms with E-state index in [1.165, 1.54) is 33.2 Å². The van der Waals surface area contributed by atoms with Crippen LogP contribution >= 0.6 is 7.92 Å². The van der Waals surface area contributed by atoms with Crippen LogP contribution in [0, 0.1) is 0 Å². The fraction of sp³-hybridized carbons (Fsp3) is 0.419. The molecular weight excluding hydrogens is 445 g/mol. The van der Waals surface area contributed by atoms with Gasteiger partial charge in [-0.1, -0.05) is 60.7 Å². The van der Waals surface area contributed by atoms with Gasteiger partial charge in [-0.15, -0.1) is 0 Å². The first-order chi connectivity index (χ1) is 17.1. The molecule has 3 rings (SSSR count). The smallest absolute Gasteiger partial charge is 0.0848 e. The van der Waals surface area contributed by atoms with Crippen LogP contribution in [0.15, 0.2) is 72.8 Å². The van der Waals surface area contributed by atoms with Gasteiger partial charge in [0.25, 0.3) is 0 Å². The van der Waals surface area contributed by atoms with Crippen LogP contribution in [0.25, 0.3) is 0 Å². The number of rotatable bonds is 13. The molecule has 1 unspecified atom stereocenters. The van der Waals surface area contributed by atoms with Crippen LogP contribution in [0.3, 0.4) is 0 Å². The van der Waals surface area contributed by atoms with Gasteiger partial charge in [-0.2, -0.15) is 0 Å². The van der Waals surface area contributed by atoms with Crippen molar-refractivity contribution in [3.05, 3.63) is 78.4 Å². The Hall–Kier alpha value is -2.51. The van der Waals surface area contributed by atoms with Gasteiger partial charge in [-0.25, -0.2) is 0 Å². The van der Waals surface area contributed by atoms with Crippen LogP contribution in [-0.2, 0) is 6.16 Å². The zero-order valence-electron chi connectivity index (χ0n) is 22.7. The lowest BCUT2D eigenvalue weighted by atomic mass is 10.1. The molecule has 0 aliphatic carbocycles. The lowest BCUT2D eigenvalue weighted by Crippen LogP contribution is -2.35. The van der Waals surface area contributed by atoms with Crippen LogP contribution in [0.2, 0.25) is 0 Å². The summed E-state index contributed by atoms with van der Waals surface area (Å²) in [5, 5.41) is 2.94. The molecule has 0 aromatic heterocycles. The average molecular weight is 490 g/mol. The van der Waals surface area contributed by atoms with Crippen LogP contribution in [0.4, 0.5) is 17.1 Å². The minimum absolute atomic E-state index is 0.570. The molecule has 3 aromatic rings. The highest BCUT2D eigenvalue weighted by atomic mass is 31.1. The van der Waals surface area contributed by atoms with Crippen molar-refractivity contribution in [1.82, 2.24) is 0 Å². The fourth-order valence-electron chi connectivity index (χ4n) is 4.99. The Morgan fingerprint density at radius 1 is 0.514 bits per heavy atom. The maximum absolute atomic E-state index is 2.60. The molecule has 0 saturated carbocycles. The standard InChI is InChI=1S/C31H44N3P/c1-7-32(8-2)28-23-24-29(31(34(11-5)12-6)30(28)33(9-3)10-4)35(27-21-17-14-18-22-27)25-26-19-15-13-16-20-26/h13-24H,7-12,25H2,1-6H3. The highest BCUT2D eigenvalue weighted by molar-refractivity contribution is 7.72. The summed E-state index contributed by atoms with van der Waals surface area (Å²) in [6.45, 7) is 19.8. The number of hydrogen-bond donors (Lipinski definition) is 0. The summed E-state index contributed by atoms with van der Waals surface area (Å²) in [7, 11) is -0.570. The Balaban J connectivity index is 2.34. The molecule has 3 nitrogen and oxygen atoms in total. The van der Waals surface area contributed by atoms with Crippen molar-refractivity contribution in [1.29, 1.82) is 0 Å². The molecule has 0 aliphatic rings. The van der Waals surface area contributed by atoms with Crippen molar-refractivity contribution in [2.45, 2.75) is 47.7 Å². The van der Waals surface area contributed by atoms with Gasteiger partial charge in [-0.3, -0.25) is 0 Å². The van der Waals surface area contributed by atoms with E-state index in [2.05, 4.69) is 129 Å². The molecule has 1 atom stereocenters. The number of nitrogens with zero attached hydrogens (tertiary/aromatic N) is 3. The van der Waals surface area contributed by atoms with Gasteiger partial charge in [0.2, 0.25) is 0 Å². The van der Waals surface area contributed by atoms with Gasteiger partial charge in [0.1, 0.15) is 0 Å². The summed E-state index contributed by atoms with van der Waals surface area (Å²) in [4.78, 5) is 7.69. The molecule has 0 amide bonds. The maximum atomic E-state index is 2.60. The van der Waals surface area contributed by atoms with Gasteiger partial charge in [0.05, 0.1) is 17.1 Å². The minimum Gasteiger partial charge on any atom is -0.370 e. The van der Waals surface area contributed by atoms with E-state index in [9.17, 15) is 0 Å². The Kier molecular flexibility index (Phi) is 10.5. The van der Waals surface area contributed by atoms with E-state index in [1.54, 1.807) is 0 Å². The first-order valence-electron chi connectivity index (χ1n) is 13.4. The molecule has 0 bridgehead atoms. The van der Waals surface area contributed by atoms with E-state index in [1.807, 2.05) is 0 Å². The SMILES string of the molecule is CCN(CC)c1ccc(P(Cc2ccccc2)c2ccccc2)c(N(CC)CC)c1N(CC)CC. The van der Waals surface area contributed by atoms with E-state index >= 15 is 0 Å². The number of hydrogen-bond acceptors (Lipinski definition) is 3. The second-order valence-electron chi connectivity index (χ2n) is 8.73. The van der Waals surface area contributed by atoms with Gasteiger partial charge in [-0.05, 0) is 72.5 Å². The normalized spacial score (nSPS) is 11.8. The maximum Gasteiger partial charge on any atom is 0.0848 e. The lowest BCUT2D eigenvalue weighted by Gasteiger charge is -2.38. The van der Waals surface area contributed by atoms with E-state index in [0.717, 1.165) is 45.4 Å². The summed E-state index contributed by atoms with van der Waals surface area (Å²) < 4.78 is 0. The highest BCUT2D eigenvalue weighted by Gasteiger charge is 2.27. The first-order valence-corrected chi connectivity index (χ1v) is 14.9. The van der Waals surface area contributed by atoms with Gasteiger partial charge >= 0.3 is 0 Å². The molecule has 3 aromatic carbocycles. The quantitative estimate of drug-likeness (QED) is 0.243. The van der Waals surface area contributed by atoms with Crippen LogP contribution in [0.1, 0.15) is 47.1 Å². The molecule has 0 N–H and O–H groups in total. The average Bonchev–Trinajstić information content (AvgIpc) is 2.91. The fourth-order valence-corrected chi connectivity index (χ4v) is 7.48. The van der Waals surface area contributed by atoms with Gasteiger partial charge in [0, 0.05) is 50.7 Å². The van der Waals surface area contributed by atoms with Crippen molar-refractivity contribution in [3.8, 4) is 0 Å². The zero-order valence-corrected chi connectivity index (χ0v) is 23.6. The molecule has 188 valence electrons. The minimum atomic E-state index is -0.570. The molecule has 0 aliphatic heterocycles. The van der Waals surface area contributed by atoms with Crippen molar-refractivity contribution >= 4 is 35.6 Å². The van der Waals surface area contributed by atoms with E-state index in [0.29, 0.717) is 0 Å². The largest absolute Gasteiger partial charge is 0.370 e. The predicted molar refractivity (Wildman–Crippen MR) is 160 cm³/mol. The van der Waals surface area contributed by atoms with Crippen molar-refractivity contribution in [2.24, 2.45) is 0 Å². The second-order valence-corrected chi connectivity index (χ2v) is 10.9. The third kappa shape index (κ3) is 6.19. The first kappa shape index (κ1) is 27.1. The van der Waals surface area contributed by atoms with Gasteiger partial charge in [0.15, 0.2) is 0 Å². The molecule has 4 heteroatoms. The zero-order chi connectivity index (χ0) is 25.2. The topological polar surface area (TPSA) is 9.72 Å². The van der Waals surface area contributed by atoms with Crippen molar-refractivity contribution < 1.29 is 0 Å². The summed E-state index contributed by atoms with van der Waals surface area (Å²) in [6, 6.07) is 27.1. The van der Waals surface area contributed by atoms with Crippen molar-refractivity contribution in [3.63, 3.8) is 0 Å². The van der Waals surface area contributed by atoms with Crippen LogP contribution < -0.4 is 25.3 Å². The summed E-state index contributed by atoms with van der Waals surface area (Å²) in [5.41, 5.74) is 5.63. The third-order valence-corrected chi connectivity index (χ3v) is 9.46. The molecule has 0 radical (unpaired) electrons. The Labute approximate surface area is 215 Å². The van der Waals surface area contributed by atoms with E-state index in [-0.39, 0.29) is 0 Å². The number of anilines is 3. The van der Waals surface area contributed by atoms with Crippen LogP contribution in [-0.4, -0.2) is 39.3 Å². The molecular formula is C31H44N3P. The molecule has 0 heterocycles. The monoisotopic (exact) mass is 489 g/mol. The Morgan fingerprint density at radius 2 is 1.00 bits per heavy atom. The summed E-state index contributed by atoms with van der Waals surface area (Å²) in [6.07, 6.45) is 1.05. The molecule has 0 fully saturated rings.